The van der Waals surface area contributed by atoms with Crippen molar-refractivity contribution in [2.24, 2.45) is 7.05 Å². The van der Waals surface area contributed by atoms with Gasteiger partial charge in [-0.1, -0.05) is 6.92 Å². The van der Waals surface area contributed by atoms with E-state index in [2.05, 4.69) is 17.1 Å². The zero-order valence-corrected chi connectivity index (χ0v) is 7.55. The second-order valence-electron chi connectivity index (χ2n) is 2.08. The first-order valence-electron chi connectivity index (χ1n) is 3.10. The van der Waals surface area contributed by atoms with Gasteiger partial charge >= 0.3 is 0 Å². The Kier molecular flexibility index (Phi) is 3.42. The minimum Gasteiger partial charge on any atom is -0.318 e. The van der Waals surface area contributed by atoms with E-state index in [1.807, 2.05) is 18.5 Å². The Balaban J connectivity index is 0.000000810. The van der Waals surface area contributed by atoms with Crippen LogP contribution in [0.2, 0.25) is 0 Å². The van der Waals surface area contributed by atoms with Crippen molar-refractivity contribution in [2.45, 2.75) is 20.3 Å². The molecular weight excluding hydrogens is 146 g/mol. The molecule has 0 saturated heterocycles. The van der Waals surface area contributed by atoms with Gasteiger partial charge in [0.15, 0.2) is 0 Å². The summed E-state index contributed by atoms with van der Waals surface area (Å²) in [5, 5.41) is 7.85. The van der Waals surface area contributed by atoms with Crippen LogP contribution in [0.5, 0.6) is 0 Å². The lowest BCUT2D eigenvalue weighted by Gasteiger charge is -1.94. The highest BCUT2D eigenvalue weighted by atomic mass is 32.1. The van der Waals surface area contributed by atoms with Gasteiger partial charge < -0.3 is 4.57 Å². The third-order valence-electron chi connectivity index (χ3n) is 1.50. The van der Waals surface area contributed by atoms with E-state index in [4.69, 9.17) is 0 Å². The first-order chi connectivity index (χ1) is 4.25. The van der Waals surface area contributed by atoms with Gasteiger partial charge in [0.1, 0.15) is 11.6 Å². The van der Waals surface area contributed by atoms with Gasteiger partial charge in [-0.25, -0.2) is 0 Å². The highest BCUT2D eigenvalue weighted by molar-refractivity contribution is 7.59. The van der Waals surface area contributed by atoms with Gasteiger partial charge in [0, 0.05) is 13.5 Å². The number of aromatic nitrogens is 3. The maximum absolute atomic E-state index is 3.95. The average molecular weight is 159 g/mol. The fourth-order valence-electron chi connectivity index (χ4n) is 0.759. The smallest absolute Gasteiger partial charge is 0.132 e. The predicted molar refractivity (Wildman–Crippen MR) is 45.5 cm³/mol. The molecule has 0 fully saturated rings. The normalized spacial score (nSPS) is 9.10. The van der Waals surface area contributed by atoms with E-state index in [1.54, 1.807) is 0 Å². The summed E-state index contributed by atoms with van der Waals surface area (Å²) in [7, 11) is 1.98. The number of aryl methyl sites for hydroxylation is 2. The van der Waals surface area contributed by atoms with Crippen LogP contribution < -0.4 is 0 Å². The van der Waals surface area contributed by atoms with Crippen LogP contribution in [0.1, 0.15) is 18.6 Å². The Morgan fingerprint density at radius 1 is 1.40 bits per heavy atom. The Bertz CT molecular complexity index is 207. The molecule has 1 heterocycles. The van der Waals surface area contributed by atoms with Crippen molar-refractivity contribution < 1.29 is 0 Å². The summed E-state index contributed by atoms with van der Waals surface area (Å²) >= 11 is 0. The second kappa shape index (κ2) is 3.61. The molecule has 10 heavy (non-hydrogen) atoms. The minimum absolute atomic E-state index is 0. The van der Waals surface area contributed by atoms with Crippen molar-refractivity contribution in [3.63, 3.8) is 0 Å². The molecule has 0 atom stereocenters. The molecule has 0 saturated carbocycles. The Hall–Kier alpha value is -0.510. The molecule has 0 amide bonds. The molecule has 1 aromatic rings. The standard InChI is InChI=1S/C6H11N3.H2S/c1-4-6-8-7-5(2)9(6)3;/h4H2,1-3H3;1H2. The van der Waals surface area contributed by atoms with Crippen molar-refractivity contribution in [1.82, 2.24) is 14.8 Å². The molecule has 0 radical (unpaired) electrons. The first-order valence-corrected chi connectivity index (χ1v) is 3.10. The molecule has 0 aliphatic carbocycles. The summed E-state index contributed by atoms with van der Waals surface area (Å²) < 4.78 is 2.00. The van der Waals surface area contributed by atoms with Gasteiger partial charge in [0.25, 0.3) is 0 Å². The Morgan fingerprint density at radius 2 is 2.00 bits per heavy atom. The lowest BCUT2D eigenvalue weighted by Crippen LogP contribution is -1.96. The van der Waals surface area contributed by atoms with E-state index < -0.39 is 0 Å². The molecule has 1 aromatic heterocycles. The minimum atomic E-state index is 0. The van der Waals surface area contributed by atoms with E-state index in [9.17, 15) is 0 Å². The predicted octanol–water partition coefficient (Wildman–Crippen LogP) is 0.799. The highest BCUT2D eigenvalue weighted by Crippen LogP contribution is 1.96. The van der Waals surface area contributed by atoms with Crippen LogP contribution in [0, 0.1) is 6.92 Å². The molecule has 0 aromatic carbocycles. The van der Waals surface area contributed by atoms with E-state index >= 15 is 0 Å². The quantitative estimate of drug-likeness (QED) is 0.607. The van der Waals surface area contributed by atoms with Crippen molar-refractivity contribution in [2.75, 3.05) is 0 Å². The van der Waals surface area contributed by atoms with Crippen LogP contribution >= 0.6 is 13.5 Å². The van der Waals surface area contributed by atoms with Crippen molar-refractivity contribution in [1.29, 1.82) is 0 Å². The second-order valence-corrected chi connectivity index (χ2v) is 2.08. The Morgan fingerprint density at radius 3 is 2.20 bits per heavy atom. The van der Waals surface area contributed by atoms with Gasteiger partial charge in [-0.3, -0.25) is 0 Å². The summed E-state index contributed by atoms with van der Waals surface area (Å²) in [6.07, 6.45) is 0.956. The molecule has 58 valence electrons. The lowest BCUT2D eigenvalue weighted by atomic mass is 10.4. The van der Waals surface area contributed by atoms with Crippen LogP contribution in [-0.4, -0.2) is 14.8 Å². The third-order valence-corrected chi connectivity index (χ3v) is 1.50. The SMILES string of the molecule is CCc1nnc(C)n1C.S. The summed E-state index contributed by atoms with van der Waals surface area (Å²) in [6, 6.07) is 0. The van der Waals surface area contributed by atoms with Gasteiger partial charge in [-0.15, -0.1) is 10.2 Å². The summed E-state index contributed by atoms with van der Waals surface area (Å²) in [5.74, 6) is 2.03. The van der Waals surface area contributed by atoms with Crippen LogP contribution in [0.25, 0.3) is 0 Å². The topological polar surface area (TPSA) is 30.7 Å². The average Bonchev–Trinajstić information content (AvgIpc) is 2.15. The molecule has 0 bridgehead atoms. The number of nitrogens with zero attached hydrogens (tertiary/aromatic N) is 3. The van der Waals surface area contributed by atoms with Gasteiger partial charge in [-0.2, -0.15) is 13.5 Å². The van der Waals surface area contributed by atoms with E-state index in [0.29, 0.717) is 0 Å². The van der Waals surface area contributed by atoms with E-state index in [-0.39, 0.29) is 13.5 Å². The highest BCUT2D eigenvalue weighted by Gasteiger charge is 1.99. The number of hydrogen-bond donors (Lipinski definition) is 0. The molecule has 0 aliphatic rings. The van der Waals surface area contributed by atoms with E-state index in [0.717, 1.165) is 18.1 Å². The molecular formula is C6H13N3S. The monoisotopic (exact) mass is 159 g/mol. The van der Waals surface area contributed by atoms with Crippen LogP contribution in [-0.2, 0) is 13.5 Å². The van der Waals surface area contributed by atoms with E-state index in [1.165, 1.54) is 0 Å². The maximum atomic E-state index is 3.95. The fraction of sp³-hybridized carbons (Fsp3) is 0.667. The number of rotatable bonds is 1. The van der Waals surface area contributed by atoms with Crippen molar-refractivity contribution >= 4 is 13.5 Å². The zero-order valence-electron chi connectivity index (χ0n) is 6.55. The van der Waals surface area contributed by atoms with Gasteiger partial charge in [0.05, 0.1) is 0 Å². The fourth-order valence-corrected chi connectivity index (χ4v) is 0.759. The molecule has 0 unspecified atom stereocenters. The Labute approximate surface area is 67.9 Å². The molecule has 0 spiro atoms. The third kappa shape index (κ3) is 1.50. The van der Waals surface area contributed by atoms with Crippen molar-refractivity contribution in [3.8, 4) is 0 Å². The lowest BCUT2D eigenvalue weighted by molar-refractivity contribution is 0.785. The zero-order chi connectivity index (χ0) is 6.85. The van der Waals surface area contributed by atoms with Gasteiger partial charge in [-0.05, 0) is 6.92 Å². The number of hydrogen-bond acceptors (Lipinski definition) is 2. The first kappa shape index (κ1) is 9.49. The summed E-state index contributed by atoms with van der Waals surface area (Å²) in [6.45, 7) is 4.02. The van der Waals surface area contributed by atoms with Crippen molar-refractivity contribution in [3.05, 3.63) is 11.6 Å². The molecule has 0 aliphatic heterocycles. The van der Waals surface area contributed by atoms with Crippen LogP contribution in [0.15, 0.2) is 0 Å². The molecule has 4 heteroatoms. The largest absolute Gasteiger partial charge is 0.318 e. The van der Waals surface area contributed by atoms with Crippen LogP contribution in [0.3, 0.4) is 0 Å². The maximum Gasteiger partial charge on any atom is 0.132 e. The van der Waals surface area contributed by atoms with Crippen LogP contribution in [0.4, 0.5) is 0 Å². The summed E-state index contributed by atoms with van der Waals surface area (Å²) in [5.41, 5.74) is 0. The molecule has 0 N–H and O–H groups in total. The van der Waals surface area contributed by atoms with Gasteiger partial charge in [0.2, 0.25) is 0 Å². The summed E-state index contributed by atoms with van der Waals surface area (Å²) in [4.78, 5) is 0. The molecule has 3 nitrogen and oxygen atoms in total. The molecule has 1 rings (SSSR count).